The minimum atomic E-state index is -1.04. The van der Waals surface area contributed by atoms with Gasteiger partial charge in [-0.2, -0.15) is 0 Å². The van der Waals surface area contributed by atoms with E-state index in [4.69, 9.17) is 15.9 Å². The predicted octanol–water partition coefficient (Wildman–Crippen LogP) is -3.13. The third-order valence-corrected chi connectivity index (χ3v) is 1.69. The number of rotatable bonds is 0. The highest BCUT2D eigenvalue weighted by Crippen LogP contribution is 2.05. The summed E-state index contributed by atoms with van der Waals surface area (Å²) >= 11 is 0. The number of hydrogen-bond donors (Lipinski definition) is 5. The number of fused-ring (bicyclic) bond motifs is 1. The molecule has 0 radical (unpaired) electrons. The molecule has 0 aromatic carbocycles. The molecule has 2 heterocycles. The lowest BCUT2D eigenvalue weighted by atomic mass is 10.2. The molecule has 7 nitrogen and oxygen atoms in total. The fourth-order valence-corrected chi connectivity index (χ4v) is 1.20. The Morgan fingerprint density at radius 2 is 1.75 bits per heavy atom. The van der Waals surface area contributed by atoms with E-state index in [9.17, 15) is 0 Å². The second-order valence-electron chi connectivity index (χ2n) is 2.54. The van der Waals surface area contributed by atoms with E-state index in [1.54, 1.807) is 0 Å². The van der Waals surface area contributed by atoms with Crippen molar-refractivity contribution in [1.82, 2.24) is 10.6 Å². The van der Waals surface area contributed by atoms with Gasteiger partial charge in [0.15, 0.2) is 0 Å². The van der Waals surface area contributed by atoms with Crippen molar-refractivity contribution in [1.29, 1.82) is 0 Å². The highest BCUT2D eigenvalue weighted by Gasteiger charge is 2.33. The van der Waals surface area contributed by atoms with Crippen molar-refractivity contribution in [2.75, 3.05) is 0 Å². The number of amidine groups is 1. The lowest BCUT2D eigenvalue weighted by Gasteiger charge is -2.22. The minimum absolute atomic E-state index is 0.148. The number of aliphatic imine (C=N–C) groups is 2. The van der Waals surface area contributed by atoms with Gasteiger partial charge < -0.3 is 15.9 Å². The first kappa shape index (κ1) is 7.62. The van der Waals surface area contributed by atoms with Gasteiger partial charge in [0.2, 0.25) is 12.7 Å². The summed E-state index contributed by atoms with van der Waals surface area (Å²) in [6, 6.07) is 0. The van der Waals surface area contributed by atoms with Crippen LogP contribution in [0.2, 0.25) is 0 Å². The lowest BCUT2D eigenvalue weighted by molar-refractivity contribution is 0.109. The number of nitrogens with one attached hydrogen (secondary N) is 2. The third kappa shape index (κ3) is 1.08. The van der Waals surface area contributed by atoms with E-state index in [1.165, 1.54) is 0 Å². The average Bonchev–Trinajstić information content (AvgIpc) is 2.29. The first-order chi connectivity index (χ1) is 5.66. The molecule has 0 saturated carbocycles. The molecule has 6 N–H and O–H groups in total. The van der Waals surface area contributed by atoms with Crippen LogP contribution < -0.4 is 16.4 Å². The molecule has 0 saturated heterocycles. The van der Waals surface area contributed by atoms with Gasteiger partial charge in [-0.25, -0.2) is 9.98 Å². The Bertz CT molecular complexity index is 263. The molecular formula is C5H9N5O2. The molecular weight excluding hydrogens is 162 g/mol. The largest absolute Gasteiger partial charge is 0.382 e. The Labute approximate surface area is 68.0 Å². The molecule has 2 aliphatic rings. The van der Waals surface area contributed by atoms with Crippen molar-refractivity contribution in [3.05, 3.63) is 0 Å². The fourth-order valence-electron chi connectivity index (χ4n) is 1.20. The molecule has 0 amide bonds. The Balaban J connectivity index is 2.28. The van der Waals surface area contributed by atoms with Crippen LogP contribution in [-0.4, -0.2) is 40.6 Å². The monoisotopic (exact) mass is 171 g/mol. The van der Waals surface area contributed by atoms with Crippen molar-refractivity contribution in [3.8, 4) is 0 Å². The summed E-state index contributed by atoms with van der Waals surface area (Å²) in [4.78, 5) is 7.37. The summed E-state index contributed by atoms with van der Waals surface area (Å²) < 4.78 is 0. The van der Waals surface area contributed by atoms with Crippen LogP contribution in [-0.2, 0) is 0 Å². The first-order valence-corrected chi connectivity index (χ1v) is 3.46. The van der Waals surface area contributed by atoms with Gasteiger partial charge in [0.05, 0.1) is 0 Å². The van der Waals surface area contributed by atoms with Crippen LogP contribution in [0.5, 0.6) is 0 Å². The fraction of sp³-hybridized carbons (Fsp3) is 0.600. The van der Waals surface area contributed by atoms with Crippen LogP contribution >= 0.6 is 0 Å². The maximum Gasteiger partial charge on any atom is 0.205 e. The second kappa shape index (κ2) is 2.49. The van der Waals surface area contributed by atoms with Crippen LogP contribution in [0.1, 0.15) is 0 Å². The average molecular weight is 171 g/mol. The first-order valence-electron chi connectivity index (χ1n) is 3.46. The zero-order chi connectivity index (χ0) is 8.72. The van der Waals surface area contributed by atoms with Gasteiger partial charge in [0.1, 0.15) is 17.7 Å². The molecule has 12 heavy (non-hydrogen) atoms. The summed E-state index contributed by atoms with van der Waals surface area (Å²) in [5.41, 5.74) is 5.88. The maximum atomic E-state index is 9.06. The van der Waals surface area contributed by atoms with E-state index in [0.29, 0.717) is 5.71 Å². The molecule has 3 atom stereocenters. The summed E-state index contributed by atoms with van der Waals surface area (Å²) in [5, 5.41) is 23.4. The van der Waals surface area contributed by atoms with E-state index in [2.05, 4.69) is 20.6 Å². The number of hydrogen-bond acceptors (Lipinski definition) is 7. The molecule has 0 aromatic heterocycles. The highest BCUT2D eigenvalue weighted by atomic mass is 16.3. The van der Waals surface area contributed by atoms with Crippen molar-refractivity contribution < 1.29 is 10.2 Å². The van der Waals surface area contributed by atoms with Crippen LogP contribution in [0, 0.1) is 0 Å². The van der Waals surface area contributed by atoms with Crippen LogP contribution in [0.25, 0.3) is 0 Å². The van der Waals surface area contributed by atoms with Gasteiger partial charge in [0.25, 0.3) is 0 Å². The van der Waals surface area contributed by atoms with Gasteiger partial charge in [-0.15, -0.1) is 0 Å². The standard InChI is InChI=1S/C5H9N5O2/c6-2-1-3(9-4(11)7-1)10-5(12)8-2/h3-5,9-12H,(H2,6,8). The number of nitrogens with zero attached hydrogens (tertiary/aromatic N) is 2. The molecule has 0 spiro atoms. The molecule has 0 fully saturated rings. The Morgan fingerprint density at radius 1 is 1.17 bits per heavy atom. The van der Waals surface area contributed by atoms with Crippen LogP contribution in [0.15, 0.2) is 9.98 Å². The van der Waals surface area contributed by atoms with Crippen molar-refractivity contribution in [2.24, 2.45) is 15.7 Å². The quantitative estimate of drug-likeness (QED) is 0.264. The molecule has 0 aliphatic carbocycles. The van der Waals surface area contributed by atoms with Crippen molar-refractivity contribution >= 4 is 11.5 Å². The second-order valence-corrected chi connectivity index (χ2v) is 2.54. The SMILES string of the molecule is NC1=NC(O)NC2NC(O)N=C12. The normalized spacial score (nSPS) is 40.3. The molecule has 0 bridgehead atoms. The molecule has 3 unspecified atom stereocenters. The summed E-state index contributed by atoms with van der Waals surface area (Å²) in [6.07, 6.45) is -2.42. The van der Waals surface area contributed by atoms with E-state index in [-0.39, 0.29) is 5.84 Å². The number of nitrogens with two attached hydrogens (primary N) is 1. The van der Waals surface area contributed by atoms with E-state index in [0.717, 1.165) is 0 Å². The highest BCUT2D eigenvalue weighted by molar-refractivity contribution is 6.43. The van der Waals surface area contributed by atoms with Gasteiger partial charge >= 0.3 is 0 Å². The Morgan fingerprint density at radius 3 is 2.42 bits per heavy atom. The summed E-state index contributed by atoms with van der Waals surface area (Å²) in [6.45, 7) is 0. The molecule has 7 heteroatoms. The summed E-state index contributed by atoms with van der Waals surface area (Å²) in [5.74, 6) is 0.148. The van der Waals surface area contributed by atoms with Gasteiger partial charge in [-0.3, -0.25) is 10.6 Å². The van der Waals surface area contributed by atoms with Crippen molar-refractivity contribution in [2.45, 2.75) is 18.9 Å². The molecule has 2 rings (SSSR count). The Hall–Kier alpha value is -1.02. The molecule has 0 aromatic rings. The van der Waals surface area contributed by atoms with E-state index >= 15 is 0 Å². The minimum Gasteiger partial charge on any atom is -0.382 e. The zero-order valence-electron chi connectivity index (χ0n) is 6.10. The topological polar surface area (TPSA) is 115 Å². The van der Waals surface area contributed by atoms with Gasteiger partial charge in [-0.1, -0.05) is 0 Å². The lowest BCUT2D eigenvalue weighted by Crippen LogP contribution is -2.56. The van der Waals surface area contributed by atoms with Crippen LogP contribution in [0.4, 0.5) is 0 Å². The Kier molecular flexibility index (Phi) is 1.58. The van der Waals surface area contributed by atoms with E-state index in [1.807, 2.05) is 0 Å². The summed E-state index contributed by atoms with van der Waals surface area (Å²) in [7, 11) is 0. The molecule has 2 aliphatic heterocycles. The number of aliphatic hydroxyl groups excluding tert-OH is 2. The number of aliphatic hydroxyl groups is 2. The zero-order valence-corrected chi connectivity index (χ0v) is 6.10. The maximum absolute atomic E-state index is 9.06. The van der Waals surface area contributed by atoms with Crippen LogP contribution in [0.3, 0.4) is 0 Å². The third-order valence-electron chi connectivity index (χ3n) is 1.69. The van der Waals surface area contributed by atoms with Gasteiger partial charge in [0, 0.05) is 0 Å². The molecule has 66 valence electrons. The van der Waals surface area contributed by atoms with E-state index < -0.39 is 18.9 Å². The van der Waals surface area contributed by atoms with Gasteiger partial charge in [-0.05, 0) is 0 Å². The smallest absolute Gasteiger partial charge is 0.205 e. The predicted molar refractivity (Wildman–Crippen MR) is 41.1 cm³/mol. The van der Waals surface area contributed by atoms with Crippen molar-refractivity contribution in [3.63, 3.8) is 0 Å².